The SMILES string of the molecule is CC(C)(C)CCC(C)(O)c1ccc(F)cc1. The van der Waals surface area contributed by atoms with Gasteiger partial charge in [-0.1, -0.05) is 32.9 Å². The van der Waals surface area contributed by atoms with E-state index in [2.05, 4.69) is 20.8 Å². The fourth-order valence-electron chi connectivity index (χ4n) is 1.57. The molecule has 0 aliphatic carbocycles. The van der Waals surface area contributed by atoms with Crippen LogP contribution in [0.3, 0.4) is 0 Å². The molecule has 1 nitrogen and oxygen atoms in total. The second kappa shape index (κ2) is 4.54. The number of aliphatic hydroxyl groups is 1. The maximum Gasteiger partial charge on any atom is 0.123 e. The molecule has 1 aromatic rings. The molecule has 0 radical (unpaired) electrons. The Kier molecular flexibility index (Phi) is 3.74. The maximum absolute atomic E-state index is 12.8. The molecule has 0 aliphatic heterocycles. The first-order chi connectivity index (χ1) is 7.21. The number of hydrogen-bond donors (Lipinski definition) is 1. The van der Waals surface area contributed by atoms with Crippen molar-refractivity contribution in [3.05, 3.63) is 35.6 Å². The molecule has 0 aromatic heterocycles. The molecule has 1 aromatic carbocycles. The van der Waals surface area contributed by atoms with Crippen molar-refractivity contribution in [2.24, 2.45) is 5.41 Å². The minimum Gasteiger partial charge on any atom is -0.385 e. The molecule has 1 atom stereocenters. The third kappa shape index (κ3) is 3.93. The van der Waals surface area contributed by atoms with E-state index in [0.717, 1.165) is 12.0 Å². The van der Waals surface area contributed by atoms with Crippen LogP contribution >= 0.6 is 0 Å². The Labute approximate surface area is 97.3 Å². The predicted molar refractivity (Wildman–Crippen MR) is 64.7 cm³/mol. The second-order valence-corrected chi connectivity index (χ2v) is 5.84. The van der Waals surface area contributed by atoms with Gasteiger partial charge in [0, 0.05) is 0 Å². The zero-order valence-electron chi connectivity index (χ0n) is 10.5. The monoisotopic (exact) mass is 224 g/mol. The molecule has 0 amide bonds. The maximum atomic E-state index is 12.8. The molecule has 1 N–H and O–H groups in total. The van der Waals surface area contributed by atoms with Crippen LogP contribution in [0.2, 0.25) is 0 Å². The lowest BCUT2D eigenvalue weighted by atomic mass is 9.82. The molecule has 0 bridgehead atoms. The van der Waals surface area contributed by atoms with Crippen LogP contribution in [0.25, 0.3) is 0 Å². The van der Waals surface area contributed by atoms with Gasteiger partial charge >= 0.3 is 0 Å². The largest absolute Gasteiger partial charge is 0.385 e. The van der Waals surface area contributed by atoms with Gasteiger partial charge in [0.1, 0.15) is 5.82 Å². The molecule has 0 fully saturated rings. The van der Waals surface area contributed by atoms with Crippen LogP contribution in [0.4, 0.5) is 4.39 Å². The lowest BCUT2D eigenvalue weighted by Crippen LogP contribution is -2.23. The lowest BCUT2D eigenvalue weighted by molar-refractivity contribution is 0.0358. The van der Waals surface area contributed by atoms with E-state index in [4.69, 9.17) is 0 Å². The molecule has 1 unspecified atom stereocenters. The van der Waals surface area contributed by atoms with Gasteiger partial charge in [-0.2, -0.15) is 0 Å². The van der Waals surface area contributed by atoms with Crippen molar-refractivity contribution in [2.75, 3.05) is 0 Å². The summed E-state index contributed by atoms with van der Waals surface area (Å²) in [5, 5.41) is 10.3. The van der Waals surface area contributed by atoms with Crippen molar-refractivity contribution in [3.63, 3.8) is 0 Å². The molecule has 0 spiro atoms. The molecular weight excluding hydrogens is 203 g/mol. The predicted octanol–water partition coefficient (Wildman–Crippen LogP) is 3.86. The zero-order chi connectivity index (χ0) is 12.4. The fraction of sp³-hybridized carbons (Fsp3) is 0.571. The van der Waals surface area contributed by atoms with Crippen molar-refractivity contribution in [2.45, 2.75) is 46.1 Å². The van der Waals surface area contributed by atoms with Gasteiger partial charge in [-0.25, -0.2) is 4.39 Å². The Balaban J connectivity index is 2.73. The van der Waals surface area contributed by atoms with E-state index in [0.29, 0.717) is 6.42 Å². The highest BCUT2D eigenvalue weighted by atomic mass is 19.1. The number of benzene rings is 1. The van der Waals surface area contributed by atoms with Gasteiger partial charge < -0.3 is 5.11 Å². The highest BCUT2D eigenvalue weighted by molar-refractivity contribution is 5.22. The Morgan fingerprint density at radius 3 is 1.94 bits per heavy atom. The third-order valence-corrected chi connectivity index (χ3v) is 2.83. The van der Waals surface area contributed by atoms with E-state index in [1.807, 2.05) is 0 Å². The van der Waals surface area contributed by atoms with E-state index >= 15 is 0 Å². The summed E-state index contributed by atoms with van der Waals surface area (Å²) < 4.78 is 12.8. The van der Waals surface area contributed by atoms with Crippen LogP contribution in [0, 0.1) is 11.2 Å². The second-order valence-electron chi connectivity index (χ2n) is 5.84. The molecule has 1 rings (SSSR count). The fourth-order valence-corrected chi connectivity index (χ4v) is 1.57. The van der Waals surface area contributed by atoms with Crippen molar-refractivity contribution in [3.8, 4) is 0 Å². The van der Waals surface area contributed by atoms with Crippen LogP contribution in [0.15, 0.2) is 24.3 Å². The van der Waals surface area contributed by atoms with Crippen molar-refractivity contribution < 1.29 is 9.50 Å². The van der Waals surface area contributed by atoms with Gasteiger partial charge in [0.15, 0.2) is 0 Å². The third-order valence-electron chi connectivity index (χ3n) is 2.83. The molecule has 2 heteroatoms. The Morgan fingerprint density at radius 2 is 1.50 bits per heavy atom. The average molecular weight is 224 g/mol. The zero-order valence-corrected chi connectivity index (χ0v) is 10.5. The summed E-state index contributed by atoms with van der Waals surface area (Å²) >= 11 is 0. The van der Waals surface area contributed by atoms with E-state index in [-0.39, 0.29) is 11.2 Å². The molecule has 0 aliphatic rings. The quantitative estimate of drug-likeness (QED) is 0.826. The van der Waals surface area contributed by atoms with Crippen LogP contribution < -0.4 is 0 Å². The van der Waals surface area contributed by atoms with Gasteiger partial charge in [0.25, 0.3) is 0 Å². The van der Waals surface area contributed by atoms with Crippen molar-refractivity contribution in [1.29, 1.82) is 0 Å². The van der Waals surface area contributed by atoms with Gasteiger partial charge in [-0.05, 0) is 42.9 Å². The summed E-state index contributed by atoms with van der Waals surface area (Å²) in [6.07, 6.45) is 1.61. The van der Waals surface area contributed by atoms with Crippen LogP contribution in [-0.2, 0) is 5.60 Å². The topological polar surface area (TPSA) is 20.2 Å². The van der Waals surface area contributed by atoms with E-state index in [1.165, 1.54) is 12.1 Å². The standard InChI is InChI=1S/C14H21FO/c1-13(2,3)9-10-14(4,16)11-5-7-12(15)8-6-11/h5-8,16H,9-10H2,1-4H3. The van der Waals surface area contributed by atoms with Crippen LogP contribution in [-0.4, -0.2) is 5.11 Å². The summed E-state index contributed by atoms with van der Waals surface area (Å²) in [5.74, 6) is -0.268. The minimum atomic E-state index is -0.874. The first-order valence-electron chi connectivity index (χ1n) is 5.69. The summed E-state index contributed by atoms with van der Waals surface area (Å²) in [6.45, 7) is 8.22. The summed E-state index contributed by atoms with van der Waals surface area (Å²) in [5.41, 5.74) is 0.100. The smallest absolute Gasteiger partial charge is 0.123 e. The highest BCUT2D eigenvalue weighted by Crippen LogP contribution is 2.31. The normalized spacial score (nSPS) is 15.9. The molecule has 0 heterocycles. The summed E-state index contributed by atoms with van der Waals surface area (Å²) in [7, 11) is 0. The Bertz CT molecular complexity index is 333. The Morgan fingerprint density at radius 1 is 1.00 bits per heavy atom. The first-order valence-corrected chi connectivity index (χ1v) is 5.69. The van der Waals surface area contributed by atoms with Crippen LogP contribution in [0.1, 0.15) is 46.1 Å². The number of halogens is 1. The molecular formula is C14H21FO. The average Bonchev–Trinajstić information content (AvgIpc) is 2.15. The van der Waals surface area contributed by atoms with E-state index in [9.17, 15) is 9.50 Å². The van der Waals surface area contributed by atoms with E-state index < -0.39 is 5.60 Å². The minimum absolute atomic E-state index is 0.198. The van der Waals surface area contributed by atoms with Crippen molar-refractivity contribution >= 4 is 0 Å². The summed E-state index contributed by atoms with van der Waals surface area (Å²) in [6, 6.07) is 6.08. The lowest BCUT2D eigenvalue weighted by Gasteiger charge is -2.28. The molecule has 0 saturated carbocycles. The number of hydrogen-bond acceptors (Lipinski definition) is 1. The van der Waals surface area contributed by atoms with Gasteiger partial charge in [0.2, 0.25) is 0 Å². The van der Waals surface area contributed by atoms with Crippen LogP contribution in [0.5, 0.6) is 0 Å². The van der Waals surface area contributed by atoms with Gasteiger partial charge in [-0.3, -0.25) is 0 Å². The van der Waals surface area contributed by atoms with E-state index in [1.54, 1.807) is 19.1 Å². The summed E-state index contributed by atoms with van der Waals surface area (Å²) in [4.78, 5) is 0. The Hall–Kier alpha value is -0.890. The molecule has 90 valence electrons. The molecule has 0 saturated heterocycles. The van der Waals surface area contributed by atoms with Gasteiger partial charge in [0.05, 0.1) is 5.60 Å². The first kappa shape index (κ1) is 13.2. The highest BCUT2D eigenvalue weighted by Gasteiger charge is 2.25. The van der Waals surface area contributed by atoms with Crippen molar-refractivity contribution in [1.82, 2.24) is 0 Å². The van der Waals surface area contributed by atoms with Gasteiger partial charge in [-0.15, -0.1) is 0 Å². The molecule has 16 heavy (non-hydrogen) atoms. The number of rotatable bonds is 3.